The average Bonchev–Trinajstić information content (AvgIpc) is 3.07. The van der Waals surface area contributed by atoms with Crippen LogP contribution >= 0.6 is 23.5 Å². The molecule has 44 heavy (non-hydrogen) atoms. The molecule has 3 N–H and O–H groups in total. The van der Waals surface area contributed by atoms with Gasteiger partial charge in [-0.25, -0.2) is 13.9 Å². The van der Waals surface area contributed by atoms with Gasteiger partial charge in [0, 0.05) is 5.75 Å². The van der Waals surface area contributed by atoms with Gasteiger partial charge in [-0.05, 0) is 47.0 Å². The predicted octanol–water partition coefficient (Wildman–Crippen LogP) is 6.82. The molecule has 6 rings (SSSR count). The topological polar surface area (TPSA) is 105 Å². The molecule has 0 aromatic heterocycles. The molecule has 0 saturated heterocycles. The molecule has 1 aliphatic rings. The van der Waals surface area contributed by atoms with Gasteiger partial charge >= 0.3 is 0 Å². The first-order valence-electron chi connectivity index (χ1n) is 13.8. The number of benzene rings is 5. The lowest BCUT2D eigenvalue weighted by molar-refractivity contribution is -0.130. The molecular weight excluding hydrogens is 613 g/mol. The Hall–Kier alpha value is -4.06. The van der Waals surface area contributed by atoms with E-state index < -0.39 is 26.7 Å². The fourth-order valence-corrected chi connectivity index (χ4v) is 9.10. The van der Waals surface area contributed by atoms with E-state index in [0.29, 0.717) is 16.4 Å². The maximum absolute atomic E-state index is 13.7. The minimum absolute atomic E-state index is 0.000480. The Morgan fingerprint density at radius 1 is 0.750 bits per heavy atom. The number of sulfonamides is 1. The lowest BCUT2D eigenvalue weighted by Crippen LogP contribution is -2.48. The van der Waals surface area contributed by atoms with Gasteiger partial charge in [0.05, 0.1) is 19.4 Å². The van der Waals surface area contributed by atoms with Crippen LogP contribution in [0.5, 0.6) is 11.5 Å². The van der Waals surface area contributed by atoms with E-state index in [1.54, 1.807) is 11.5 Å². The third-order valence-corrected chi connectivity index (χ3v) is 11.5. The highest BCUT2D eigenvalue weighted by atomic mass is 32.2. The number of rotatable bonds is 10. The van der Waals surface area contributed by atoms with Gasteiger partial charge in [-0.15, -0.1) is 11.8 Å². The molecule has 1 amide bonds. The molecule has 0 bridgehead atoms. The summed E-state index contributed by atoms with van der Waals surface area (Å²) in [6, 6.07) is 40.4. The number of nitrogens with one attached hydrogen (secondary N) is 2. The van der Waals surface area contributed by atoms with Gasteiger partial charge in [-0.1, -0.05) is 115 Å². The quantitative estimate of drug-likeness (QED) is 0.0858. The summed E-state index contributed by atoms with van der Waals surface area (Å²) in [4.78, 5) is 14.5. The number of thioether (sulfide) groups is 1. The third kappa shape index (κ3) is 5.99. The van der Waals surface area contributed by atoms with Gasteiger partial charge in [0.25, 0.3) is 5.91 Å². The van der Waals surface area contributed by atoms with Gasteiger partial charge < -0.3 is 4.74 Å². The lowest BCUT2D eigenvalue weighted by Gasteiger charge is -2.36. The van der Waals surface area contributed by atoms with E-state index in [2.05, 4.69) is 4.72 Å². The van der Waals surface area contributed by atoms with Crippen LogP contribution in [0, 0.1) is 0 Å². The van der Waals surface area contributed by atoms with Crippen LogP contribution in [0.15, 0.2) is 148 Å². The van der Waals surface area contributed by atoms with Gasteiger partial charge in [0.15, 0.2) is 0 Å². The lowest BCUT2D eigenvalue weighted by atomic mass is 9.84. The zero-order valence-corrected chi connectivity index (χ0v) is 25.7. The predicted molar refractivity (Wildman–Crippen MR) is 173 cm³/mol. The zero-order chi connectivity index (χ0) is 30.6. The number of hydrogen-bond donors (Lipinski definition) is 3. The Labute approximate surface area is 264 Å². The normalized spacial score (nSPS) is 13.2. The Kier molecular flexibility index (Phi) is 8.79. The molecule has 0 unspecified atom stereocenters. The van der Waals surface area contributed by atoms with Crippen molar-refractivity contribution in [2.24, 2.45) is 0 Å². The van der Waals surface area contributed by atoms with Gasteiger partial charge in [0.2, 0.25) is 10.0 Å². The summed E-state index contributed by atoms with van der Waals surface area (Å²) in [5.41, 5.74) is 4.53. The smallest absolute Gasteiger partial charge is 0.262 e. The molecule has 10 heteroatoms. The minimum atomic E-state index is -4.19. The fraction of sp³-hybridized carbons (Fsp3) is 0.0882. The van der Waals surface area contributed by atoms with E-state index in [1.807, 2.05) is 115 Å². The highest BCUT2D eigenvalue weighted by Gasteiger charge is 2.39. The molecule has 1 aliphatic heterocycles. The van der Waals surface area contributed by atoms with Crippen molar-refractivity contribution in [3.63, 3.8) is 0 Å². The third-order valence-electron chi connectivity index (χ3n) is 7.25. The minimum Gasteiger partial charge on any atom is -0.455 e. The number of ether oxygens (including phenoxy) is 1. The van der Waals surface area contributed by atoms with E-state index >= 15 is 0 Å². The number of fused-ring (bicyclic) bond motifs is 2. The Bertz CT molecular complexity index is 1780. The van der Waals surface area contributed by atoms with E-state index in [0.717, 1.165) is 21.6 Å². The van der Waals surface area contributed by atoms with Crippen molar-refractivity contribution in [1.82, 2.24) is 10.2 Å². The monoisotopic (exact) mass is 640 g/mol. The van der Waals surface area contributed by atoms with Crippen molar-refractivity contribution < 1.29 is 23.2 Å². The van der Waals surface area contributed by atoms with Crippen LogP contribution in [0.2, 0.25) is 0 Å². The molecule has 5 aromatic carbocycles. The van der Waals surface area contributed by atoms with E-state index in [-0.39, 0.29) is 10.6 Å². The molecule has 222 valence electrons. The average molecular weight is 641 g/mol. The number of hydroxylamine groups is 1. The molecule has 0 saturated carbocycles. The summed E-state index contributed by atoms with van der Waals surface area (Å²) in [5.74, 6) is 0.384. The zero-order valence-electron chi connectivity index (χ0n) is 23.3. The second-order valence-electron chi connectivity index (χ2n) is 10.00. The van der Waals surface area contributed by atoms with Crippen LogP contribution in [0.4, 0.5) is 0 Å². The van der Waals surface area contributed by atoms with Crippen molar-refractivity contribution in [2.75, 3.05) is 5.75 Å². The largest absolute Gasteiger partial charge is 0.455 e. The van der Waals surface area contributed by atoms with Crippen molar-refractivity contribution in [3.8, 4) is 11.5 Å². The van der Waals surface area contributed by atoms with E-state index in [4.69, 9.17) is 4.74 Å². The van der Waals surface area contributed by atoms with E-state index in [9.17, 15) is 18.4 Å². The molecule has 1 heterocycles. The summed E-state index contributed by atoms with van der Waals surface area (Å²) < 4.78 is 35.1. The van der Waals surface area contributed by atoms with Crippen LogP contribution in [-0.2, 0) is 19.6 Å². The second-order valence-corrected chi connectivity index (χ2v) is 14.0. The van der Waals surface area contributed by atoms with Crippen LogP contribution < -0.4 is 14.9 Å². The molecule has 0 fully saturated rings. The van der Waals surface area contributed by atoms with Gasteiger partial charge in [-0.2, -0.15) is 4.72 Å². The highest BCUT2D eigenvalue weighted by molar-refractivity contribution is 8.00. The number of carbonyl (C=O) groups excluding carboxylic acids is 1. The summed E-state index contributed by atoms with van der Waals surface area (Å²) in [6.07, 6.45) is 0. The van der Waals surface area contributed by atoms with Crippen LogP contribution in [0.3, 0.4) is 0 Å². The molecule has 0 radical (unpaired) electrons. The number of amides is 1. The molecular formula is C34H28N2O5S3. The van der Waals surface area contributed by atoms with E-state index in [1.165, 1.54) is 35.7 Å². The molecule has 7 nitrogen and oxygen atoms in total. The summed E-state index contributed by atoms with van der Waals surface area (Å²) in [5, 5.41) is 9.64. The maximum Gasteiger partial charge on any atom is 0.262 e. The molecule has 0 aliphatic carbocycles. The Balaban J connectivity index is 1.34. The first-order valence-corrected chi connectivity index (χ1v) is 17.0. The molecule has 5 aromatic rings. The second kappa shape index (κ2) is 12.9. The number of carbonyl (C=O) groups is 1. The van der Waals surface area contributed by atoms with Crippen LogP contribution in [0.1, 0.15) is 16.7 Å². The maximum atomic E-state index is 13.7. The summed E-state index contributed by atoms with van der Waals surface area (Å²) in [6.45, 7) is 0. The first-order chi connectivity index (χ1) is 21.4. The van der Waals surface area contributed by atoms with Crippen molar-refractivity contribution in [3.05, 3.63) is 150 Å². The van der Waals surface area contributed by atoms with Crippen molar-refractivity contribution in [1.29, 1.82) is 0 Å². The molecule has 1 atom stereocenters. The van der Waals surface area contributed by atoms with Crippen molar-refractivity contribution >= 4 is 39.5 Å². The van der Waals surface area contributed by atoms with Crippen LogP contribution in [-0.4, -0.2) is 31.3 Å². The standard InChI is InChI=1S/C34H28N2O5S3/c37-33(35-38)28(36-44(39,40)27-20-21-30-32(22-27)43-31-19-11-10-18-29(31)41-30)23-42-34(24-12-4-1-5-13-24,25-14-6-2-7-15-25)26-16-8-3-9-17-26/h1-22,28,36,38H,23H2,(H,35,37)/t28-/m0/s1. The highest BCUT2D eigenvalue weighted by Crippen LogP contribution is 2.49. The van der Waals surface area contributed by atoms with Gasteiger partial charge in [0.1, 0.15) is 17.5 Å². The summed E-state index contributed by atoms with van der Waals surface area (Å²) >= 11 is 2.82. The Morgan fingerprint density at radius 3 is 1.84 bits per heavy atom. The summed E-state index contributed by atoms with van der Waals surface area (Å²) in [7, 11) is -4.19. The first kappa shape index (κ1) is 30.0. The SMILES string of the molecule is O=C(NO)[C@H](CSC(c1ccccc1)(c1ccccc1)c1ccccc1)NS(=O)(=O)c1ccc2c(c1)Sc1ccccc1O2. The van der Waals surface area contributed by atoms with Crippen LogP contribution in [0.25, 0.3) is 0 Å². The van der Waals surface area contributed by atoms with Crippen molar-refractivity contribution in [2.45, 2.75) is 25.5 Å². The number of para-hydroxylation sites is 1. The fourth-order valence-electron chi connectivity index (χ4n) is 5.15. The van der Waals surface area contributed by atoms with Gasteiger partial charge in [-0.3, -0.25) is 10.0 Å². The Morgan fingerprint density at radius 2 is 1.27 bits per heavy atom. The molecule has 0 spiro atoms. The number of hydrogen-bond acceptors (Lipinski definition) is 7.